The molecule has 3 heterocycles. The molecule has 124 valence electrons. The molecule has 0 bridgehead atoms. The molecule has 1 aromatic rings. The van der Waals surface area contributed by atoms with E-state index in [0.717, 1.165) is 30.6 Å². The van der Waals surface area contributed by atoms with Crippen molar-refractivity contribution in [3.63, 3.8) is 0 Å². The molecule has 2 aliphatic rings. The van der Waals surface area contributed by atoms with Crippen molar-refractivity contribution in [2.45, 2.75) is 38.3 Å². The Hall–Kier alpha value is -0.410. The molecule has 22 heavy (non-hydrogen) atoms. The molecule has 1 aromatic heterocycles. The number of likely N-dealkylation sites (tertiary alicyclic amines) is 2. The molecule has 2 fully saturated rings. The Morgan fingerprint density at radius 1 is 1.36 bits per heavy atom. The Morgan fingerprint density at radius 2 is 2.18 bits per heavy atom. The number of halogens is 1. The van der Waals surface area contributed by atoms with E-state index in [0.29, 0.717) is 6.04 Å². The molecule has 0 radical (unpaired) electrons. The number of hydrogen-bond acceptors (Lipinski definition) is 4. The van der Waals surface area contributed by atoms with E-state index in [9.17, 15) is 0 Å². The normalized spacial score (nSPS) is 23.4. The van der Waals surface area contributed by atoms with E-state index in [-0.39, 0.29) is 24.0 Å². The Morgan fingerprint density at radius 3 is 2.86 bits per heavy atom. The van der Waals surface area contributed by atoms with Gasteiger partial charge in [-0.2, -0.15) is 0 Å². The van der Waals surface area contributed by atoms with Crippen molar-refractivity contribution in [1.29, 1.82) is 0 Å². The fraction of sp³-hybridized carbons (Fsp3) is 0.733. The molecule has 3 rings (SSSR count). The Kier molecular flexibility index (Phi) is 7.36. The highest BCUT2D eigenvalue weighted by atomic mass is 127. The first kappa shape index (κ1) is 17.9. The first-order valence-corrected chi connectivity index (χ1v) is 8.83. The second kappa shape index (κ2) is 9.02. The van der Waals surface area contributed by atoms with Gasteiger partial charge in [0, 0.05) is 37.8 Å². The zero-order chi connectivity index (χ0) is 14.5. The summed E-state index contributed by atoms with van der Waals surface area (Å²) < 4.78 is 0. The fourth-order valence-corrected chi connectivity index (χ4v) is 3.90. The van der Waals surface area contributed by atoms with Crippen LogP contribution in [0.25, 0.3) is 0 Å². The maximum Gasteiger partial charge on any atom is 0.194 e. The number of guanidine groups is 1. The summed E-state index contributed by atoms with van der Waals surface area (Å²) in [4.78, 5) is 13.8. The first-order chi connectivity index (χ1) is 10.4. The molecule has 1 unspecified atom stereocenters. The zero-order valence-electron chi connectivity index (χ0n) is 13.2. The van der Waals surface area contributed by atoms with E-state index >= 15 is 0 Å². The minimum absolute atomic E-state index is 0. The third kappa shape index (κ3) is 4.55. The molecule has 0 aliphatic carbocycles. The predicted octanol–water partition coefficient (Wildman–Crippen LogP) is 2.40. The van der Waals surface area contributed by atoms with Crippen molar-refractivity contribution in [3.05, 3.63) is 16.6 Å². The molecule has 0 saturated carbocycles. The summed E-state index contributed by atoms with van der Waals surface area (Å²) in [6, 6.07) is 0.712. The van der Waals surface area contributed by atoms with Crippen LogP contribution < -0.4 is 5.32 Å². The van der Waals surface area contributed by atoms with Crippen molar-refractivity contribution < 1.29 is 0 Å². The summed E-state index contributed by atoms with van der Waals surface area (Å²) in [5.41, 5.74) is 0. The van der Waals surface area contributed by atoms with Crippen LogP contribution in [0.3, 0.4) is 0 Å². The van der Waals surface area contributed by atoms with Gasteiger partial charge in [0.1, 0.15) is 5.01 Å². The van der Waals surface area contributed by atoms with Gasteiger partial charge in [0.05, 0.1) is 6.54 Å². The molecular weight excluding hydrogens is 409 g/mol. The maximum absolute atomic E-state index is 4.44. The van der Waals surface area contributed by atoms with Crippen LogP contribution in [-0.4, -0.2) is 60.0 Å². The summed E-state index contributed by atoms with van der Waals surface area (Å²) in [6.07, 6.45) is 7.26. The van der Waals surface area contributed by atoms with Crippen molar-refractivity contribution >= 4 is 41.3 Å². The minimum Gasteiger partial charge on any atom is -0.350 e. The summed E-state index contributed by atoms with van der Waals surface area (Å²) >= 11 is 1.69. The summed E-state index contributed by atoms with van der Waals surface area (Å²) in [6.45, 7) is 5.55. The van der Waals surface area contributed by atoms with Crippen LogP contribution in [0, 0.1) is 0 Å². The van der Waals surface area contributed by atoms with E-state index < -0.39 is 0 Å². The predicted molar refractivity (Wildman–Crippen MR) is 103 cm³/mol. The second-order valence-corrected chi connectivity index (χ2v) is 6.79. The molecule has 7 heteroatoms. The molecule has 1 N–H and O–H groups in total. The molecule has 0 amide bonds. The van der Waals surface area contributed by atoms with Crippen molar-refractivity contribution in [3.8, 4) is 0 Å². The van der Waals surface area contributed by atoms with Crippen LogP contribution in [0.2, 0.25) is 0 Å². The summed E-state index contributed by atoms with van der Waals surface area (Å²) in [5, 5.41) is 6.57. The second-order valence-electron chi connectivity index (χ2n) is 5.81. The summed E-state index contributed by atoms with van der Waals surface area (Å²) in [7, 11) is 1.87. The number of aliphatic imine (C=N–C) groups is 1. The summed E-state index contributed by atoms with van der Waals surface area (Å²) in [5.74, 6) is 1.02. The molecule has 2 aliphatic heterocycles. The van der Waals surface area contributed by atoms with Gasteiger partial charge in [0.2, 0.25) is 0 Å². The van der Waals surface area contributed by atoms with Crippen molar-refractivity contribution in [2.24, 2.45) is 4.99 Å². The lowest BCUT2D eigenvalue weighted by Gasteiger charge is -2.32. The van der Waals surface area contributed by atoms with Gasteiger partial charge in [0.25, 0.3) is 0 Å². The number of aromatic nitrogens is 1. The lowest BCUT2D eigenvalue weighted by Crippen LogP contribution is -2.44. The third-order valence-electron chi connectivity index (χ3n) is 4.46. The molecule has 0 aromatic carbocycles. The molecule has 0 spiro atoms. The molecule has 2 saturated heterocycles. The van der Waals surface area contributed by atoms with Gasteiger partial charge in [-0.15, -0.1) is 35.3 Å². The van der Waals surface area contributed by atoms with Gasteiger partial charge >= 0.3 is 0 Å². The first-order valence-electron chi connectivity index (χ1n) is 7.95. The maximum atomic E-state index is 4.44. The quantitative estimate of drug-likeness (QED) is 0.450. The highest BCUT2D eigenvalue weighted by Gasteiger charge is 2.29. The standard InChI is InChI=1S/C15H25N5S.HI/c1-16-15(18-11-14-17-6-10-21-14)20-9-5-13(12-20)19-7-3-2-4-8-19;/h6,10,13H,2-5,7-9,11-12H2,1H3,(H,16,18);1H. The average Bonchev–Trinajstić information content (AvgIpc) is 3.20. The fourth-order valence-electron chi connectivity index (χ4n) is 3.34. The third-order valence-corrected chi connectivity index (χ3v) is 5.24. The minimum atomic E-state index is 0. The van der Waals surface area contributed by atoms with Gasteiger partial charge in [-0.1, -0.05) is 6.42 Å². The van der Waals surface area contributed by atoms with Crippen LogP contribution in [0.1, 0.15) is 30.7 Å². The van der Waals surface area contributed by atoms with Crippen LogP contribution in [0.15, 0.2) is 16.6 Å². The average molecular weight is 435 g/mol. The van der Waals surface area contributed by atoms with Gasteiger partial charge in [-0.3, -0.25) is 9.89 Å². The lowest BCUT2D eigenvalue weighted by atomic mass is 10.1. The Bertz CT molecular complexity index is 459. The number of piperidine rings is 1. The van der Waals surface area contributed by atoms with E-state index in [1.807, 2.05) is 18.6 Å². The Labute approximate surface area is 154 Å². The number of nitrogens with one attached hydrogen (secondary N) is 1. The van der Waals surface area contributed by atoms with Gasteiger partial charge in [-0.05, 0) is 32.4 Å². The van der Waals surface area contributed by atoms with Crippen LogP contribution >= 0.6 is 35.3 Å². The number of nitrogens with zero attached hydrogens (tertiary/aromatic N) is 4. The molecule has 1 atom stereocenters. The number of rotatable bonds is 3. The van der Waals surface area contributed by atoms with Crippen LogP contribution in [0.5, 0.6) is 0 Å². The van der Waals surface area contributed by atoms with E-state index in [4.69, 9.17) is 0 Å². The number of thiazole rings is 1. The highest BCUT2D eigenvalue weighted by Crippen LogP contribution is 2.20. The van der Waals surface area contributed by atoms with E-state index in [1.165, 1.54) is 38.8 Å². The molecule has 5 nitrogen and oxygen atoms in total. The number of hydrogen-bond donors (Lipinski definition) is 1. The van der Waals surface area contributed by atoms with Crippen molar-refractivity contribution in [2.75, 3.05) is 33.2 Å². The molecular formula is C15H26IN5S. The lowest BCUT2D eigenvalue weighted by molar-refractivity contribution is 0.168. The zero-order valence-corrected chi connectivity index (χ0v) is 16.3. The SMILES string of the molecule is CN=C(NCc1nccs1)N1CCC(N2CCCCC2)C1.I. The Balaban J connectivity index is 0.00000176. The van der Waals surface area contributed by atoms with Gasteiger partial charge < -0.3 is 10.2 Å². The van der Waals surface area contributed by atoms with Gasteiger partial charge in [-0.25, -0.2) is 4.98 Å². The topological polar surface area (TPSA) is 43.8 Å². The largest absolute Gasteiger partial charge is 0.350 e. The van der Waals surface area contributed by atoms with Crippen molar-refractivity contribution in [1.82, 2.24) is 20.1 Å². The van der Waals surface area contributed by atoms with E-state index in [1.54, 1.807) is 11.3 Å². The van der Waals surface area contributed by atoms with Crippen LogP contribution in [-0.2, 0) is 6.54 Å². The van der Waals surface area contributed by atoms with E-state index in [2.05, 4.69) is 25.1 Å². The highest BCUT2D eigenvalue weighted by molar-refractivity contribution is 14.0. The monoisotopic (exact) mass is 435 g/mol. The van der Waals surface area contributed by atoms with Gasteiger partial charge in [0.15, 0.2) is 5.96 Å². The van der Waals surface area contributed by atoms with Crippen LogP contribution in [0.4, 0.5) is 0 Å². The smallest absolute Gasteiger partial charge is 0.194 e.